The molecular formula is C75H116O6. The molecule has 452 valence electrons. The fourth-order valence-electron chi connectivity index (χ4n) is 8.10. The zero-order valence-corrected chi connectivity index (χ0v) is 51.7. The molecule has 0 fully saturated rings. The zero-order valence-electron chi connectivity index (χ0n) is 51.7. The summed E-state index contributed by atoms with van der Waals surface area (Å²) in [5.41, 5.74) is 0. The third kappa shape index (κ3) is 65.2. The topological polar surface area (TPSA) is 78.9 Å². The van der Waals surface area contributed by atoms with Gasteiger partial charge in [-0.15, -0.1) is 0 Å². The van der Waals surface area contributed by atoms with Crippen molar-refractivity contribution in [3.8, 4) is 0 Å². The Hall–Kier alpha value is -5.49. The summed E-state index contributed by atoms with van der Waals surface area (Å²) >= 11 is 0. The van der Waals surface area contributed by atoms with Gasteiger partial charge in [-0.3, -0.25) is 14.4 Å². The summed E-state index contributed by atoms with van der Waals surface area (Å²) in [6, 6.07) is 0. The molecule has 6 heteroatoms. The molecule has 0 aliphatic rings. The van der Waals surface area contributed by atoms with E-state index in [2.05, 4.69) is 203 Å². The standard InChI is InChI=1S/C75H116O6/c1-4-7-10-13-16-19-22-25-27-29-31-33-35-36-37-38-40-41-43-45-47-50-53-56-59-62-65-68-74(77)80-71-72(70-79-73(76)67-64-61-58-55-52-49-24-21-18-15-12-9-6-3)81-75(78)69-66-63-60-57-54-51-48-46-44-42-39-34-32-30-28-26-23-20-17-14-11-8-5-2/h7-8,10-11,16-17,19-21,24-28,31-34,36-37,40-42,44-45,47-48,51,53,56,72H,4-6,9,12-15,18,22-23,29-30,35,38-39,43,46,49-50,52,54-55,57-71H2,1-3H3/b10-7-,11-8-,19-16-,20-17-,24-21-,27-25-,28-26-,33-31-,34-32-,37-36-,41-40-,44-42-,47-45-,51-48-,56-53-. The Balaban J connectivity index is 4.53. The Morgan fingerprint density at radius 2 is 0.481 bits per heavy atom. The van der Waals surface area contributed by atoms with E-state index in [1.165, 1.54) is 38.5 Å². The van der Waals surface area contributed by atoms with Crippen molar-refractivity contribution in [2.75, 3.05) is 13.2 Å². The number of unbranched alkanes of at least 4 members (excludes halogenated alkanes) is 15. The van der Waals surface area contributed by atoms with Crippen LogP contribution in [0.25, 0.3) is 0 Å². The summed E-state index contributed by atoms with van der Waals surface area (Å²) in [5.74, 6) is -1.00. The smallest absolute Gasteiger partial charge is 0.306 e. The van der Waals surface area contributed by atoms with Gasteiger partial charge >= 0.3 is 17.9 Å². The first-order chi connectivity index (χ1) is 40.0. The van der Waals surface area contributed by atoms with Gasteiger partial charge in [-0.1, -0.05) is 254 Å². The third-order valence-electron chi connectivity index (χ3n) is 12.9. The van der Waals surface area contributed by atoms with Gasteiger partial charge in [0.05, 0.1) is 0 Å². The van der Waals surface area contributed by atoms with Gasteiger partial charge in [0.1, 0.15) is 13.2 Å². The maximum absolute atomic E-state index is 12.9. The van der Waals surface area contributed by atoms with Crippen molar-refractivity contribution >= 4 is 17.9 Å². The molecule has 6 nitrogen and oxygen atoms in total. The number of hydrogen-bond acceptors (Lipinski definition) is 6. The van der Waals surface area contributed by atoms with Crippen molar-refractivity contribution < 1.29 is 28.6 Å². The lowest BCUT2D eigenvalue weighted by Gasteiger charge is -2.18. The number of hydrogen-bond donors (Lipinski definition) is 0. The molecule has 0 N–H and O–H groups in total. The predicted molar refractivity (Wildman–Crippen MR) is 352 cm³/mol. The van der Waals surface area contributed by atoms with Gasteiger partial charge in [-0.2, -0.15) is 0 Å². The van der Waals surface area contributed by atoms with Gasteiger partial charge < -0.3 is 14.2 Å². The minimum absolute atomic E-state index is 0.116. The third-order valence-corrected chi connectivity index (χ3v) is 12.9. The summed E-state index contributed by atoms with van der Waals surface area (Å²) in [6.45, 7) is 6.32. The Morgan fingerprint density at radius 1 is 0.259 bits per heavy atom. The first-order valence-corrected chi connectivity index (χ1v) is 32.3. The normalized spacial score (nSPS) is 13.4. The fraction of sp³-hybridized carbons (Fsp3) is 0.560. The number of rotatable bonds is 56. The number of carbonyl (C=O) groups is 3. The van der Waals surface area contributed by atoms with Crippen LogP contribution in [-0.2, 0) is 28.6 Å². The molecule has 0 aromatic rings. The highest BCUT2D eigenvalue weighted by molar-refractivity contribution is 5.71. The second-order valence-electron chi connectivity index (χ2n) is 20.5. The Morgan fingerprint density at radius 3 is 0.790 bits per heavy atom. The average molecular weight is 1110 g/mol. The van der Waals surface area contributed by atoms with Gasteiger partial charge in [0.15, 0.2) is 6.10 Å². The molecule has 0 aromatic heterocycles. The highest BCUT2D eigenvalue weighted by Crippen LogP contribution is 2.13. The Bertz CT molecular complexity index is 1900. The number of allylic oxidation sites excluding steroid dienone is 30. The quantitative estimate of drug-likeness (QED) is 0.0261. The second kappa shape index (κ2) is 67.0. The van der Waals surface area contributed by atoms with Crippen LogP contribution in [0, 0.1) is 0 Å². The molecule has 0 spiro atoms. The van der Waals surface area contributed by atoms with E-state index < -0.39 is 6.10 Å². The first-order valence-electron chi connectivity index (χ1n) is 32.3. The minimum Gasteiger partial charge on any atom is -0.462 e. The molecule has 0 saturated heterocycles. The van der Waals surface area contributed by atoms with Gasteiger partial charge in [-0.05, 0) is 161 Å². The highest BCUT2D eigenvalue weighted by Gasteiger charge is 2.19. The number of ether oxygens (including phenoxy) is 3. The summed E-state index contributed by atoms with van der Waals surface area (Å²) in [6.07, 6.45) is 100. The van der Waals surface area contributed by atoms with Crippen molar-refractivity contribution in [3.63, 3.8) is 0 Å². The van der Waals surface area contributed by atoms with Crippen LogP contribution in [0.5, 0.6) is 0 Å². The fourth-order valence-corrected chi connectivity index (χ4v) is 8.10. The van der Waals surface area contributed by atoms with Crippen LogP contribution in [0.15, 0.2) is 182 Å². The van der Waals surface area contributed by atoms with Crippen molar-refractivity contribution in [1.82, 2.24) is 0 Å². The van der Waals surface area contributed by atoms with E-state index in [4.69, 9.17) is 14.2 Å². The van der Waals surface area contributed by atoms with E-state index in [-0.39, 0.29) is 44.0 Å². The van der Waals surface area contributed by atoms with E-state index in [0.29, 0.717) is 12.8 Å². The Labute approximate surface area is 497 Å². The minimum atomic E-state index is -0.825. The maximum Gasteiger partial charge on any atom is 0.306 e. The van der Waals surface area contributed by atoms with Crippen molar-refractivity contribution in [3.05, 3.63) is 182 Å². The van der Waals surface area contributed by atoms with Gasteiger partial charge in [-0.25, -0.2) is 0 Å². The van der Waals surface area contributed by atoms with Gasteiger partial charge in [0, 0.05) is 19.3 Å². The van der Waals surface area contributed by atoms with Crippen molar-refractivity contribution in [2.24, 2.45) is 0 Å². The molecule has 0 heterocycles. The zero-order chi connectivity index (χ0) is 58.5. The van der Waals surface area contributed by atoms with E-state index in [0.717, 1.165) is 167 Å². The molecule has 0 aliphatic carbocycles. The largest absolute Gasteiger partial charge is 0.462 e. The molecule has 0 bridgehead atoms. The van der Waals surface area contributed by atoms with Crippen LogP contribution >= 0.6 is 0 Å². The molecule has 1 unspecified atom stereocenters. The van der Waals surface area contributed by atoms with Crippen molar-refractivity contribution in [2.45, 2.75) is 258 Å². The van der Waals surface area contributed by atoms with Gasteiger partial charge in [0.25, 0.3) is 0 Å². The molecule has 0 aliphatic heterocycles. The molecule has 0 aromatic carbocycles. The first kappa shape index (κ1) is 75.5. The summed E-state index contributed by atoms with van der Waals surface area (Å²) in [5, 5.41) is 0. The Kier molecular flexibility index (Phi) is 62.5. The summed E-state index contributed by atoms with van der Waals surface area (Å²) in [4.78, 5) is 38.3. The molecular weight excluding hydrogens is 997 g/mol. The molecule has 0 radical (unpaired) electrons. The molecule has 1 atom stereocenters. The summed E-state index contributed by atoms with van der Waals surface area (Å²) < 4.78 is 16.9. The van der Waals surface area contributed by atoms with Crippen LogP contribution in [0.3, 0.4) is 0 Å². The number of esters is 3. The average Bonchev–Trinajstić information content (AvgIpc) is 3.46. The van der Waals surface area contributed by atoms with Crippen LogP contribution in [0.4, 0.5) is 0 Å². The van der Waals surface area contributed by atoms with E-state index >= 15 is 0 Å². The van der Waals surface area contributed by atoms with E-state index in [9.17, 15) is 14.4 Å². The lowest BCUT2D eigenvalue weighted by atomic mass is 10.1. The van der Waals surface area contributed by atoms with E-state index in [1.54, 1.807) is 0 Å². The monoisotopic (exact) mass is 1110 g/mol. The van der Waals surface area contributed by atoms with Crippen molar-refractivity contribution in [1.29, 1.82) is 0 Å². The molecule has 0 saturated carbocycles. The van der Waals surface area contributed by atoms with Gasteiger partial charge in [0.2, 0.25) is 0 Å². The summed E-state index contributed by atoms with van der Waals surface area (Å²) in [7, 11) is 0. The van der Waals surface area contributed by atoms with Crippen LogP contribution in [-0.4, -0.2) is 37.2 Å². The molecule has 81 heavy (non-hydrogen) atoms. The molecule has 0 amide bonds. The lowest BCUT2D eigenvalue weighted by molar-refractivity contribution is -0.167. The SMILES string of the molecule is CC/C=C\C/C=C\C/C=C\C/C=C\C/C=C\C/C=C\C/C=C\C/C=C\CCCCC(=O)OCC(COC(=O)CCCCCCC/C=C\CCCCCC)OC(=O)CCCCCC/C=C\C/C=C\C/C=C\C/C=C\C/C=C\C/C=C\CC. The van der Waals surface area contributed by atoms with Crippen LogP contribution < -0.4 is 0 Å². The highest BCUT2D eigenvalue weighted by atomic mass is 16.6. The van der Waals surface area contributed by atoms with E-state index in [1.807, 2.05) is 0 Å². The van der Waals surface area contributed by atoms with Crippen LogP contribution in [0.2, 0.25) is 0 Å². The molecule has 0 rings (SSSR count). The number of carbonyl (C=O) groups excluding carboxylic acids is 3. The predicted octanol–water partition coefficient (Wildman–Crippen LogP) is 22.4. The van der Waals surface area contributed by atoms with Crippen LogP contribution in [0.1, 0.15) is 252 Å². The second-order valence-corrected chi connectivity index (χ2v) is 20.5. The maximum atomic E-state index is 12.9. The lowest BCUT2D eigenvalue weighted by Crippen LogP contribution is -2.30.